The number of hydrogen-bond acceptors (Lipinski definition) is 3. The maximum Gasteiger partial charge on any atom is 0.0475 e. The van der Waals surface area contributed by atoms with Crippen molar-refractivity contribution in [1.29, 1.82) is 0 Å². The summed E-state index contributed by atoms with van der Waals surface area (Å²) in [5.41, 5.74) is 4.16. The second-order valence-corrected chi connectivity index (χ2v) is 5.65. The number of nitrogens with zero attached hydrogens (tertiary/aromatic N) is 1. The van der Waals surface area contributed by atoms with Crippen molar-refractivity contribution in [3.8, 4) is 0 Å². The zero-order valence-corrected chi connectivity index (χ0v) is 12.7. The van der Waals surface area contributed by atoms with Gasteiger partial charge in [-0.25, -0.2) is 0 Å². The molecule has 19 heavy (non-hydrogen) atoms. The molecule has 0 saturated carbocycles. The molecule has 106 valence electrons. The second kappa shape index (κ2) is 6.51. The summed E-state index contributed by atoms with van der Waals surface area (Å²) in [6.45, 7) is 11.2. The predicted molar refractivity (Wildman–Crippen MR) is 81.6 cm³/mol. The average molecular weight is 261 g/mol. The number of piperazine rings is 1. The molecule has 0 radical (unpaired) electrons. The van der Waals surface area contributed by atoms with E-state index >= 15 is 0 Å². The van der Waals surface area contributed by atoms with Gasteiger partial charge in [0, 0.05) is 38.3 Å². The molecular weight excluding hydrogens is 234 g/mol. The van der Waals surface area contributed by atoms with E-state index in [-0.39, 0.29) is 0 Å². The fourth-order valence-electron chi connectivity index (χ4n) is 3.13. The van der Waals surface area contributed by atoms with Crippen molar-refractivity contribution < 1.29 is 0 Å². The molecule has 1 aromatic rings. The zero-order chi connectivity index (χ0) is 13.8. The molecule has 3 nitrogen and oxygen atoms in total. The Morgan fingerprint density at radius 2 is 1.89 bits per heavy atom. The van der Waals surface area contributed by atoms with Crippen molar-refractivity contribution >= 4 is 0 Å². The summed E-state index contributed by atoms with van der Waals surface area (Å²) in [6.07, 6.45) is 0. The highest BCUT2D eigenvalue weighted by atomic mass is 15.2. The molecule has 1 fully saturated rings. The van der Waals surface area contributed by atoms with Crippen LogP contribution in [-0.2, 0) is 0 Å². The van der Waals surface area contributed by atoms with Crippen LogP contribution in [-0.4, -0.2) is 44.2 Å². The summed E-state index contributed by atoms with van der Waals surface area (Å²) in [5, 5.41) is 6.94. The zero-order valence-electron chi connectivity index (χ0n) is 12.7. The summed E-state index contributed by atoms with van der Waals surface area (Å²) >= 11 is 0. The highest BCUT2D eigenvalue weighted by molar-refractivity contribution is 5.33. The number of likely N-dealkylation sites (N-methyl/N-ethyl adjacent to an activating group) is 1. The number of hydrogen-bond donors (Lipinski definition) is 2. The van der Waals surface area contributed by atoms with Crippen LogP contribution < -0.4 is 10.6 Å². The topological polar surface area (TPSA) is 27.3 Å². The first-order chi connectivity index (χ1) is 9.13. The van der Waals surface area contributed by atoms with E-state index in [0.29, 0.717) is 12.1 Å². The largest absolute Gasteiger partial charge is 0.314 e. The Bertz CT molecular complexity index is 410. The van der Waals surface area contributed by atoms with Gasteiger partial charge in [-0.3, -0.25) is 4.90 Å². The normalized spacial score (nSPS) is 20.2. The average Bonchev–Trinajstić information content (AvgIpc) is 2.42. The van der Waals surface area contributed by atoms with Crippen molar-refractivity contribution in [2.75, 3.05) is 33.2 Å². The summed E-state index contributed by atoms with van der Waals surface area (Å²) in [6, 6.07) is 7.71. The Labute approximate surface area is 117 Å². The molecular formula is C16H27N3. The lowest BCUT2D eigenvalue weighted by Gasteiger charge is -2.38. The minimum Gasteiger partial charge on any atom is -0.314 e. The molecule has 0 spiro atoms. The Balaban J connectivity index is 2.18. The van der Waals surface area contributed by atoms with Gasteiger partial charge in [0.25, 0.3) is 0 Å². The molecule has 3 heteroatoms. The van der Waals surface area contributed by atoms with Gasteiger partial charge < -0.3 is 10.6 Å². The van der Waals surface area contributed by atoms with Gasteiger partial charge in [0.15, 0.2) is 0 Å². The first kappa shape index (κ1) is 14.5. The summed E-state index contributed by atoms with van der Waals surface area (Å²) in [7, 11) is 2.07. The van der Waals surface area contributed by atoms with Gasteiger partial charge in [-0.2, -0.15) is 0 Å². The Kier molecular flexibility index (Phi) is 4.97. The Morgan fingerprint density at radius 3 is 2.47 bits per heavy atom. The molecule has 1 saturated heterocycles. The highest BCUT2D eigenvalue weighted by Gasteiger charge is 2.25. The molecule has 0 aliphatic carbocycles. The van der Waals surface area contributed by atoms with Crippen molar-refractivity contribution in [3.05, 3.63) is 34.9 Å². The van der Waals surface area contributed by atoms with E-state index in [9.17, 15) is 0 Å². The third-order valence-electron chi connectivity index (χ3n) is 4.28. The molecule has 2 N–H and O–H groups in total. The van der Waals surface area contributed by atoms with E-state index < -0.39 is 0 Å². The van der Waals surface area contributed by atoms with Crippen molar-refractivity contribution in [3.63, 3.8) is 0 Å². The number of nitrogens with one attached hydrogen (secondary N) is 2. The number of benzene rings is 1. The van der Waals surface area contributed by atoms with Crippen LogP contribution in [0.15, 0.2) is 18.2 Å². The van der Waals surface area contributed by atoms with Gasteiger partial charge in [0.1, 0.15) is 0 Å². The standard InChI is InChI=1S/C16H27N3/c1-12-5-6-15(13(2)11-12)16(17-4)14(3)19-9-7-18-8-10-19/h5-6,11,14,16-18H,7-10H2,1-4H3. The molecule has 1 aliphatic rings. The smallest absolute Gasteiger partial charge is 0.0475 e. The van der Waals surface area contributed by atoms with Crippen LogP contribution in [0.2, 0.25) is 0 Å². The molecule has 0 amide bonds. The van der Waals surface area contributed by atoms with E-state index in [1.165, 1.54) is 16.7 Å². The third kappa shape index (κ3) is 3.35. The fourth-order valence-corrected chi connectivity index (χ4v) is 3.13. The maximum absolute atomic E-state index is 3.51. The monoisotopic (exact) mass is 261 g/mol. The van der Waals surface area contributed by atoms with E-state index in [4.69, 9.17) is 0 Å². The second-order valence-electron chi connectivity index (χ2n) is 5.65. The molecule has 2 unspecified atom stereocenters. The third-order valence-corrected chi connectivity index (χ3v) is 4.28. The van der Waals surface area contributed by atoms with Crippen molar-refractivity contribution in [2.24, 2.45) is 0 Å². The molecule has 2 rings (SSSR count). The lowest BCUT2D eigenvalue weighted by molar-refractivity contribution is 0.153. The van der Waals surface area contributed by atoms with Crippen LogP contribution in [0.3, 0.4) is 0 Å². The lowest BCUT2D eigenvalue weighted by atomic mass is 9.94. The van der Waals surface area contributed by atoms with Crippen LogP contribution in [0.5, 0.6) is 0 Å². The Hall–Kier alpha value is -0.900. The van der Waals surface area contributed by atoms with Gasteiger partial charge >= 0.3 is 0 Å². The summed E-state index contributed by atoms with van der Waals surface area (Å²) in [5.74, 6) is 0. The molecule has 1 heterocycles. The van der Waals surface area contributed by atoms with Gasteiger partial charge in [-0.15, -0.1) is 0 Å². The van der Waals surface area contributed by atoms with E-state index in [1.54, 1.807) is 0 Å². The van der Waals surface area contributed by atoms with E-state index in [0.717, 1.165) is 26.2 Å². The van der Waals surface area contributed by atoms with Crippen LogP contribution >= 0.6 is 0 Å². The lowest BCUT2D eigenvalue weighted by Crippen LogP contribution is -2.51. The molecule has 1 aromatic carbocycles. The minimum atomic E-state index is 0.402. The molecule has 0 bridgehead atoms. The van der Waals surface area contributed by atoms with Gasteiger partial charge in [0.05, 0.1) is 0 Å². The van der Waals surface area contributed by atoms with Crippen LogP contribution in [0.25, 0.3) is 0 Å². The summed E-state index contributed by atoms with van der Waals surface area (Å²) in [4.78, 5) is 2.58. The van der Waals surface area contributed by atoms with E-state index in [1.807, 2.05) is 0 Å². The maximum atomic E-state index is 3.51. The highest BCUT2D eigenvalue weighted by Crippen LogP contribution is 2.24. The number of aryl methyl sites for hydroxylation is 2. The van der Waals surface area contributed by atoms with Crippen molar-refractivity contribution in [1.82, 2.24) is 15.5 Å². The quantitative estimate of drug-likeness (QED) is 0.866. The predicted octanol–water partition coefficient (Wildman–Crippen LogP) is 1.86. The van der Waals surface area contributed by atoms with Gasteiger partial charge in [-0.05, 0) is 38.9 Å². The van der Waals surface area contributed by atoms with Gasteiger partial charge in [-0.1, -0.05) is 23.8 Å². The Morgan fingerprint density at radius 1 is 1.21 bits per heavy atom. The number of rotatable bonds is 4. The van der Waals surface area contributed by atoms with Crippen molar-refractivity contribution in [2.45, 2.75) is 32.9 Å². The summed E-state index contributed by atoms with van der Waals surface area (Å²) < 4.78 is 0. The molecule has 1 aliphatic heterocycles. The van der Waals surface area contributed by atoms with E-state index in [2.05, 4.69) is 61.6 Å². The minimum absolute atomic E-state index is 0.402. The van der Waals surface area contributed by atoms with Crippen LogP contribution in [0.4, 0.5) is 0 Å². The van der Waals surface area contributed by atoms with Crippen LogP contribution in [0, 0.1) is 13.8 Å². The molecule has 0 aromatic heterocycles. The first-order valence-electron chi connectivity index (χ1n) is 7.32. The van der Waals surface area contributed by atoms with Gasteiger partial charge in [0.2, 0.25) is 0 Å². The van der Waals surface area contributed by atoms with Crippen LogP contribution in [0.1, 0.15) is 29.7 Å². The molecule has 2 atom stereocenters. The fraction of sp³-hybridized carbons (Fsp3) is 0.625. The SMILES string of the molecule is CNC(c1ccc(C)cc1C)C(C)N1CCNCC1. The first-order valence-corrected chi connectivity index (χ1v) is 7.32.